The summed E-state index contributed by atoms with van der Waals surface area (Å²) in [7, 11) is 0. The lowest BCUT2D eigenvalue weighted by Gasteiger charge is -2.15. The van der Waals surface area contributed by atoms with E-state index in [2.05, 4.69) is 24.4 Å². The highest BCUT2D eigenvalue weighted by atomic mass is 16.1. The van der Waals surface area contributed by atoms with Crippen LogP contribution in [0.4, 0.5) is 0 Å². The third kappa shape index (κ3) is 3.20. The second-order valence-electron chi connectivity index (χ2n) is 4.95. The van der Waals surface area contributed by atoms with Gasteiger partial charge in [0.25, 0.3) is 0 Å². The zero-order valence-electron chi connectivity index (χ0n) is 10.7. The topological polar surface area (TPSA) is 55.1 Å². The van der Waals surface area contributed by atoms with Crippen LogP contribution in [0.5, 0.6) is 0 Å². The van der Waals surface area contributed by atoms with Crippen molar-refractivity contribution in [3.8, 4) is 0 Å². The van der Waals surface area contributed by atoms with E-state index in [4.69, 9.17) is 5.73 Å². The summed E-state index contributed by atoms with van der Waals surface area (Å²) in [6, 6.07) is 10.2. The van der Waals surface area contributed by atoms with Gasteiger partial charge < -0.3 is 11.1 Å². The van der Waals surface area contributed by atoms with Crippen LogP contribution in [-0.4, -0.2) is 18.5 Å². The molecule has 0 saturated heterocycles. The first-order chi connectivity index (χ1) is 8.66. The first-order valence-electron chi connectivity index (χ1n) is 6.43. The van der Waals surface area contributed by atoms with Crippen molar-refractivity contribution in [2.45, 2.75) is 25.3 Å². The number of carbonyl (C=O) groups excluding carboxylic acids is 1. The molecule has 3 nitrogen and oxygen atoms in total. The summed E-state index contributed by atoms with van der Waals surface area (Å²) in [5.74, 6) is 0.360. The smallest absolute Gasteiger partial charge is 0.227 e. The molecule has 1 aromatic carbocycles. The van der Waals surface area contributed by atoms with Gasteiger partial charge in [0.05, 0.1) is 5.92 Å². The molecule has 3 heteroatoms. The highest BCUT2D eigenvalue weighted by Gasteiger charge is 2.22. The number of hydrogen-bond acceptors (Lipinski definition) is 2. The van der Waals surface area contributed by atoms with Crippen LogP contribution in [0.15, 0.2) is 42.5 Å². The van der Waals surface area contributed by atoms with E-state index in [9.17, 15) is 4.79 Å². The molecule has 1 aromatic rings. The maximum Gasteiger partial charge on any atom is 0.227 e. The fourth-order valence-electron chi connectivity index (χ4n) is 2.21. The van der Waals surface area contributed by atoms with Gasteiger partial charge in [-0.3, -0.25) is 4.79 Å². The van der Waals surface area contributed by atoms with Crippen molar-refractivity contribution in [2.24, 2.45) is 11.7 Å². The number of nitrogens with one attached hydrogen (secondary N) is 1. The Hall–Kier alpha value is -1.61. The molecule has 0 bridgehead atoms. The predicted molar refractivity (Wildman–Crippen MR) is 73.1 cm³/mol. The van der Waals surface area contributed by atoms with Crippen molar-refractivity contribution in [3.63, 3.8) is 0 Å². The third-order valence-corrected chi connectivity index (χ3v) is 3.40. The number of amides is 1. The molecule has 96 valence electrons. The minimum absolute atomic E-state index is 0.0345. The predicted octanol–water partition coefficient (Wildman–Crippen LogP) is 1.81. The largest absolute Gasteiger partial charge is 0.355 e. The van der Waals surface area contributed by atoms with Gasteiger partial charge in [0, 0.05) is 12.6 Å². The summed E-state index contributed by atoms with van der Waals surface area (Å²) < 4.78 is 0. The maximum atomic E-state index is 11.9. The van der Waals surface area contributed by atoms with Crippen LogP contribution in [0.25, 0.3) is 0 Å². The van der Waals surface area contributed by atoms with Crippen LogP contribution in [0.3, 0.4) is 0 Å². The lowest BCUT2D eigenvalue weighted by molar-refractivity contribution is -0.123. The minimum atomic E-state index is -0.0528. The van der Waals surface area contributed by atoms with Gasteiger partial charge in [-0.05, 0) is 17.9 Å². The quantitative estimate of drug-likeness (QED) is 0.794. The summed E-state index contributed by atoms with van der Waals surface area (Å²) in [4.78, 5) is 11.9. The number of carbonyl (C=O) groups is 1. The molecule has 3 unspecified atom stereocenters. The van der Waals surface area contributed by atoms with Crippen molar-refractivity contribution in [1.29, 1.82) is 0 Å². The van der Waals surface area contributed by atoms with Crippen LogP contribution in [0.1, 0.15) is 24.8 Å². The molecule has 1 aliphatic rings. The van der Waals surface area contributed by atoms with E-state index >= 15 is 0 Å². The van der Waals surface area contributed by atoms with Gasteiger partial charge >= 0.3 is 0 Å². The molecule has 1 aliphatic carbocycles. The Kier molecular flexibility index (Phi) is 4.15. The number of hydrogen-bond donors (Lipinski definition) is 2. The Morgan fingerprint density at radius 1 is 1.39 bits per heavy atom. The Balaban J connectivity index is 1.81. The molecular formula is C15H20N2O. The van der Waals surface area contributed by atoms with Crippen LogP contribution in [0.2, 0.25) is 0 Å². The molecule has 3 N–H and O–H groups in total. The highest BCUT2D eigenvalue weighted by Crippen LogP contribution is 2.17. The lowest BCUT2D eigenvalue weighted by Crippen LogP contribution is -2.33. The van der Waals surface area contributed by atoms with E-state index in [0.717, 1.165) is 6.42 Å². The van der Waals surface area contributed by atoms with Gasteiger partial charge in [-0.1, -0.05) is 49.4 Å². The van der Waals surface area contributed by atoms with E-state index in [1.54, 1.807) is 0 Å². The second kappa shape index (κ2) is 5.83. The van der Waals surface area contributed by atoms with Crippen molar-refractivity contribution in [2.75, 3.05) is 6.54 Å². The van der Waals surface area contributed by atoms with Gasteiger partial charge in [0.1, 0.15) is 0 Å². The first-order valence-corrected chi connectivity index (χ1v) is 6.43. The van der Waals surface area contributed by atoms with Crippen molar-refractivity contribution in [3.05, 3.63) is 48.0 Å². The molecule has 0 radical (unpaired) electrons. The molecule has 0 spiro atoms. The molecule has 0 aliphatic heterocycles. The summed E-state index contributed by atoms with van der Waals surface area (Å²) in [6.07, 6.45) is 4.55. The standard InChI is InChI=1S/C15H20N2O/c1-11(12-5-3-2-4-6-12)10-17-15(18)13-7-8-14(16)9-13/h2-8,11,13-14H,9-10,16H2,1H3,(H,17,18). The molecule has 2 rings (SSSR count). The molecular weight excluding hydrogens is 224 g/mol. The monoisotopic (exact) mass is 244 g/mol. The summed E-state index contributed by atoms with van der Waals surface area (Å²) in [6.45, 7) is 2.79. The van der Waals surface area contributed by atoms with E-state index in [-0.39, 0.29) is 17.9 Å². The molecule has 0 aromatic heterocycles. The molecule has 3 atom stereocenters. The molecule has 0 fully saturated rings. The van der Waals surface area contributed by atoms with Crippen LogP contribution >= 0.6 is 0 Å². The zero-order valence-corrected chi connectivity index (χ0v) is 10.7. The Morgan fingerprint density at radius 3 is 2.72 bits per heavy atom. The van der Waals surface area contributed by atoms with Gasteiger partial charge in [-0.15, -0.1) is 0 Å². The van der Waals surface area contributed by atoms with Gasteiger partial charge in [-0.25, -0.2) is 0 Å². The van der Waals surface area contributed by atoms with Gasteiger partial charge in [0.15, 0.2) is 0 Å². The van der Waals surface area contributed by atoms with Crippen molar-refractivity contribution in [1.82, 2.24) is 5.32 Å². The molecule has 0 heterocycles. The first kappa shape index (κ1) is 12.8. The Bertz CT molecular complexity index is 427. The van der Waals surface area contributed by atoms with Crippen LogP contribution in [-0.2, 0) is 4.79 Å². The van der Waals surface area contributed by atoms with Gasteiger partial charge in [0.2, 0.25) is 5.91 Å². The minimum Gasteiger partial charge on any atom is -0.355 e. The van der Waals surface area contributed by atoms with Crippen LogP contribution in [0, 0.1) is 5.92 Å². The highest BCUT2D eigenvalue weighted by molar-refractivity contribution is 5.81. The summed E-state index contributed by atoms with van der Waals surface area (Å²) >= 11 is 0. The van der Waals surface area contributed by atoms with E-state index in [1.165, 1.54) is 5.56 Å². The van der Waals surface area contributed by atoms with E-state index in [0.29, 0.717) is 12.5 Å². The van der Waals surface area contributed by atoms with E-state index in [1.807, 2.05) is 30.4 Å². The average molecular weight is 244 g/mol. The van der Waals surface area contributed by atoms with Crippen molar-refractivity contribution < 1.29 is 4.79 Å². The lowest BCUT2D eigenvalue weighted by atomic mass is 10.0. The fraction of sp³-hybridized carbons (Fsp3) is 0.400. The SMILES string of the molecule is CC(CNC(=O)C1C=CC(N)C1)c1ccccc1. The number of nitrogens with two attached hydrogens (primary N) is 1. The third-order valence-electron chi connectivity index (χ3n) is 3.40. The van der Waals surface area contributed by atoms with Crippen LogP contribution < -0.4 is 11.1 Å². The number of benzene rings is 1. The molecule has 18 heavy (non-hydrogen) atoms. The average Bonchev–Trinajstić information content (AvgIpc) is 2.83. The summed E-state index contributed by atoms with van der Waals surface area (Å²) in [5, 5.41) is 3.00. The Labute approximate surface area is 108 Å². The zero-order chi connectivity index (χ0) is 13.0. The maximum absolute atomic E-state index is 11.9. The van der Waals surface area contributed by atoms with Gasteiger partial charge in [-0.2, -0.15) is 0 Å². The summed E-state index contributed by atoms with van der Waals surface area (Å²) in [5.41, 5.74) is 6.99. The molecule has 0 saturated carbocycles. The molecule has 1 amide bonds. The number of rotatable bonds is 4. The second-order valence-corrected chi connectivity index (χ2v) is 4.95. The fourth-order valence-corrected chi connectivity index (χ4v) is 2.21. The normalized spacial score (nSPS) is 23.9. The Morgan fingerprint density at radius 2 is 2.11 bits per heavy atom. The van der Waals surface area contributed by atoms with E-state index < -0.39 is 0 Å². The van der Waals surface area contributed by atoms with Crippen molar-refractivity contribution >= 4 is 5.91 Å².